The number of thioether (sulfide) groups is 1. The third-order valence-corrected chi connectivity index (χ3v) is 5.44. The van der Waals surface area contributed by atoms with Gasteiger partial charge in [0.2, 0.25) is 0 Å². The van der Waals surface area contributed by atoms with E-state index < -0.39 is 0 Å². The molecule has 2 aliphatic rings. The highest BCUT2D eigenvalue weighted by Gasteiger charge is 2.31. The van der Waals surface area contributed by atoms with Crippen molar-refractivity contribution in [2.45, 2.75) is 17.7 Å². The molecule has 2 saturated heterocycles. The zero-order valence-corrected chi connectivity index (χ0v) is 14.0. The van der Waals surface area contributed by atoms with Crippen LogP contribution >= 0.6 is 24.2 Å². The molecule has 21 heavy (non-hydrogen) atoms. The summed E-state index contributed by atoms with van der Waals surface area (Å²) in [6.07, 6.45) is 4.32. The zero-order chi connectivity index (χ0) is 13.9. The first kappa shape index (κ1) is 16.7. The largest absolute Gasteiger partial charge is 0.339 e. The Hall–Kier alpha value is -0.710. The highest BCUT2D eigenvalue weighted by atomic mass is 35.5. The summed E-state index contributed by atoms with van der Waals surface area (Å²) in [5, 5.41) is 3.48. The van der Waals surface area contributed by atoms with Crippen LogP contribution in [0.15, 0.2) is 29.2 Å². The van der Waals surface area contributed by atoms with E-state index in [2.05, 4.69) is 10.2 Å². The fourth-order valence-corrected chi connectivity index (χ4v) is 4.00. The summed E-state index contributed by atoms with van der Waals surface area (Å²) < 4.78 is 0. The topological polar surface area (TPSA) is 32.3 Å². The SMILES string of the molecule is CSc1ccccc1C(=O)N1CC[C@@H]2CNC[C@@H]2CC1.Cl. The summed E-state index contributed by atoms with van der Waals surface area (Å²) >= 11 is 1.65. The van der Waals surface area contributed by atoms with Gasteiger partial charge in [-0.25, -0.2) is 0 Å². The van der Waals surface area contributed by atoms with E-state index in [-0.39, 0.29) is 18.3 Å². The molecule has 116 valence electrons. The van der Waals surface area contributed by atoms with Crippen LogP contribution in [0, 0.1) is 11.8 Å². The molecule has 3 nitrogen and oxygen atoms in total. The molecule has 0 unspecified atom stereocenters. The Kier molecular flexibility index (Phi) is 5.97. The number of nitrogens with one attached hydrogen (secondary N) is 1. The van der Waals surface area contributed by atoms with Crippen molar-refractivity contribution in [2.24, 2.45) is 11.8 Å². The molecule has 2 heterocycles. The number of halogens is 1. The van der Waals surface area contributed by atoms with Crippen LogP contribution in [-0.2, 0) is 0 Å². The molecule has 2 aliphatic heterocycles. The van der Waals surface area contributed by atoms with Gasteiger partial charge in [0.1, 0.15) is 0 Å². The minimum absolute atomic E-state index is 0. The van der Waals surface area contributed by atoms with Gasteiger partial charge in [0.05, 0.1) is 5.56 Å². The summed E-state index contributed by atoms with van der Waals surface area (Å²) in [5.41, 5.74) is 0.866. The van der Waals surface area contributed by atoms with Crippen molar-refractivity contribution in [3.8, 4) is 0 Å². The fraction of sp³-hybridized carbons (Fsp3) is 0.562. The molecule has 0 bridgehead atoms. The molecule has 3 rings (SSSR count). The molecule has 1 aromatic carbocycles. The van der Waals surface area contributed by atoms with Gasteiger partial charge >= 0.3 is 0 Å². The van der Waals surface area contributed by atoms with Crippen LogP contribution in [0.1, 0.15) is 23.2 Å². The van der Waals surface area contributed by atoms with Gasteiger partial charge in [0, 0.05) is 18.0 Å². The van der Waals surface area contributed by atoms with Crippen LogP contribution in [0.4, 0.5) is 0 Å². The van der Waals surface area contributed by atoms with Gasteiger partial charge in [-0.1, -0.05) is 12.1 Å². The van der Waals surface area contributed by atoms with Crippen molar-refractivity contribution >= 4 is 30.1 Å². The third-order valence-electron chi connectivity index (χ3n) is 4.64. The number of nitrogens with zero attached hydrogens (tertiary/aromatic N) is 1. The molecular weight excluding hydrogens is 304 g/mol. The second kappa shape index (κ2) is 7.52. The maximum absolute atomic E-state index is 12.7. The standard InChI is InChI=1S/C16H22N2OS.ClH/c1-20-15-5-3-2-4-14(15)16(19)18-8-6-12-10-17-11-13(12)7-9-18;/h2-5,12-13,17H,6-11H2,1H3;1H/t12-,13+;. The number of benzene rings is 1. The number of hydrogen-bond donors (Lipinski definition) is 1. The van der Waals surface area contributed by atoms with E-state index in [1.807, 2.05) is 30.5 Å². The molecule has 2 atom stereocenters. The highest BCUT2D eigenvalue weighted by Crippen LogP contribution is 2.29. The van der Waals surface area contributed by atoms with E-state index in [0.717, 1.165) is 61.3 Å². The van der Waals surface area contributed by atoms with Gasteiger partial charge in [-0.05, 0) is 56.2 Å². The van der Waals surface area contributed by atoms with Gasteiger partial charge in [0.15, 0.2) is 0 Å². The molecule has 0 radical (unpaired) electrons. The lowest BCUT2D eigenvalue weighted by molar-refractivity contribution is 0.0755. The van der Waals surface area contributed by atoms with Crippen molar-refractivity contribution in [1.82, 2.24) is 10.2 Å². The monoisotopic (exact) mass is 326 g/mol. The van der Waals surface area contributed by atoms with Crippen LogP contribution < -0.4 is 5.32 Å². The van der Waals surface area contributed by atoms with E-state index in [9.17, 15) is 4.79 Å². The van der Waals surface area contributed by atoms with Gasteiger partial charge in [0.25, 0.3) is 5.91 Å². The maximum Gasteiger partial charge on any atom is 0.254 e. The normalized spacial score (nSPS) is 24.9. The van der Waals surface area contributed by atoms with Crippen LogP contribution in [-0.4, -0.2) is 43.2 Å². The van der Waals surface area contributed by atoms with Crippen molar-refractivity contribution in [1.29, 1.82) is 0 Å². The van der Waals surface area contributed by atoms with Crippen molar-refractivity contribution in [2.75, 3.05) is 32.4 Å². The van der Waals surface area contributed by atoms with E-state index in [0.29, 0.717) is 0 Å². The van der Waals surface area contributed by atoms with Crippen LogP contribution in [0.3, 0.4) is 0 Å². The van der Waals surface area contributed by atoms with Crippen molar-refractivity contribution < 1.29 is 4.79 Å². The molecule has 5 heteroatoms. The fourth-order valence-electron chi connectivity index (χ4n) is 3.41. The van der Waals surface area contributed by atoms with Crippen molar-refractivity contribution in [3.05, 3.63) is 29.8 Å². The molecule has 0 spiro atoms. The average Bonchev–Trinajstić information content (AvgIpc) is 2.85. The molecule has 1 amide bonds. The Morgan fingerprint density at radius 2 is 1.81 bits per heavy atom. The molecule has 2 fully saturated rings. The molecule has 1 N–H and O–H groups in total. The Bertz CT molecular complexity index is 483. The van der Waals surface area contributed by atoms with E-state index in [1.165, 1.54) is 0 Å². The summed E-state index contributed by atoms with van der Waals surface area (Å²) in [6, 6.07) is 7.96. The third kappa shape index (κ3) is 3.55. The minimum atomic E-state index is 0. The Balaban J connectivity index is 0.00000161. The first-order chi connectivity index (χ1) is 9.79. The highest BCUT2D eigenvalue weighted by molar-refractivity contribution is 7.98. The lowest BCUT2D eigenvalue weighted by Gasteiger charge is -2.22. The Labute approximate surface area is 137 Å². The first-order valence-corrected chi connectivity index (χ1v) is 8.65. The summed E-state index contributed by atoms with van der Waals surface area (Å²) in [6.45, 7) is 4.08. The first-order valence-electron chi connectivity index (χ1n) is 7.42. The molecule has 0 aromatic heterocycles. The van der Waals surface area contributed by atoms with Gasteiger partial charge in [-0.15, -0.1) is 24.2 Å². The molecule has 0 aliphatic carbocycles. The molecule has 0 saturated carbocycles. The van der Waals surface area contributed by atoms with Gasteiger partial charge < -0.3 is 10.2 Å². The van der Waals surface area contributed by atoms with Gasteiger partial charge in [-0.3, -0.25) is 4.79 Å². The number of rotatable bonds is 2. The lowest BCUT2D eigenvalue weighted by Crippen LogP contribution is -2.33. The van der Waals surface area contributed by atoms with Gasteiger partial charge in [-0.2, -0.15) is 0 Å². The summed E-state index contributed by atoms with van der Waals surface area (Å²) in [7, 11) is 0. The van der Waals surface area contributed by atoms with E-state index >= 15 is 0 Å². The average molecular weight is 327 g/mol. The Morgan fingerprint density at radius 3 is 2.43 bits per heavy atom. The summed E-state index contributed by atoms with van der Waals surface area (Å²) in [4.78, 5) is 15.9. The minimum Gasteiger partial charge on any atom is -0.339 e. The number of hydrogen-bond acceptors (Lipinski definition) is 3. The molecular formula is C16H23ClN2OS. The summed E-state index contributed by atoms with van der Waals surface area (Å²) in [5.74, 6) is 1.75. The second-order valence-electron chi connectivity index (χ2n) is 5.75. The van der Waals surface area contributed by atoms with E-state index in [1.54, 1.807) is 11.8 Å². The quantitative estimate of drug-likeness (QED) is 0.848. The zero-order valence-electron chi connectivity index (χ0n) is 12.4. The number of likely N-dealkylation sites (tertiary alicyclic amines) is 1. The van der Waals surface area contributed by atoms with Crippen LogP contribution in [0.2, 0.25) is 0 Å². The molecule has 1 aromatic rings. The number of carbonyl (C=O) groups is 1. The maximum atomic E-state index is 12.7. The van der Waals surface area contributed by atoms with Crippen LogP contribution in [0.25, 0.3) is 0 Å². The predicted octanol–water partition coefficient (Wildman–Crippen LogP) is 2.90. The lowest BCUT2D eigenvalue weighted by atomic mass is 9.92. The van der Waals surface area contributed by atoms with Crippen LogP contribution in [0.5, 0.6) is 0 Å². The number of fused-ring (bicyclic) bond motifs is 1. The Morgan fingerprint density at radius 1 is 1.19 bits per heavy atom. The smallest absolute Gasteiger partial charge is 0.254 e. The second-order valence-corrected chi connectivity index (χ2v) is 6.60. The number of amides is 1. The van der Waals surface area contributed by atoms with Crippen molar-refractivity contribution in [3.63, 3.8) is 0 Å². The predicted molar refractivity (Wildman–Crippen MR) is 90.5 cm³/mol. The number of carbonyl (C=O) groups excluding carboxylic acids is 1. The van der Waals surface area contributed by atoms with E-state index in [4.69, 9.17) is 0 Å².